The Balaban J connectivity index is 2.96. The van der Waals surface area contributed by atoms with E-state index in [0.29, 0.717) is 5.56 Å². The average Bonchev–Trinajstić information content (AvgIpc) is 2.20. The molecule has 0 fully saturated rings. The van der Waals surface area contributed by atoms with Gasteiger partial charge in [-0.15, -0.1) is 0 Å². The van der Waals surface area contributed by atoms with Gasteiger partial charge >= 0.3 is 12.1 Å². The zero-order chi connectivity index (χ0) is 13.9. The van der Waals surface area contributed by atoms with Crippen LogP contribution >= 0.6 is 11.6 Å². The first-order valence-corrected chi connectivity index (χ1v) is 5.29. The number of hydrogen-bond donors (Lipinski definition) is 1. The van der Waals surface area contributed by atoms with Crippen LogP contribution in [-0.4, -0.2) is 23.4 Å². The summed E-state index contributed by atoms with van der Waals surface area (Å²) in [5.41, 5.74) is 0.444. The minimum absolute atomic E-state index is 0.0777. The van der Waals surface area contributed by atoms with Crippen LogP contribution in [0, 0.1) is 6.92 Å². The van der Waals surface area contributed by atoms with Gasteiger partial charge in [-0.1, -0.05) is 17.7 Å². The highest BCUT2D eigenvalue weighted by atomic mass is 35.5. The average molecular weight is 283 g/mol. The van der Waals surface area contributed by atoms with Crippen molar-refractivity contribution in [2.45, 2.75) is 25.6 Å². The quantitative estimate of drug-likeness (QED) is 0.920. The summed E-state index contributed by atoms with van der Waals surface area (Å²) >= 11 is 5.64. The highest BCUT2D eigenvalue weighted by Gasteiger charge is 2.43. The second kappa shape index (κ2) is 5.48. The molecule has 0 heterocycles. The zero-order valence-corrected chi connectivity index (χ0v) is 10.0. The Bertz CT molecular complexity index is 446. The molecule has 1 atom stereocenters. The topological polar surface area (TPSA) is 46.5 Å². The first kappa shape index (κ1) is 14.6. The first-order chi connectivity index (χ1) is 8.20. The third kappa shape index (κ3) is 4.10. The molecule has 1 rings (SSSR count). The summed E-state index contributed by atoms with van der Waals surface area (Å²) < 4.78 is 42.4. The summed E-state index contributed by atoms with van der Waals surface area (Å²) in [6, 6.07) is 4.22. The maximum absolute atomic E-state index is 12.6. The van der Waals surface area contributed by atoms with Gasteiger partial charge in [0.1, 0.15) is 5.75 Å². The summed E-state index contributed by atoms with van der Waals surface area (Å²) in [7, 11) is 0. The molecule has 3 nitrogen and oxygen atoms in total. The maximum atomic E-state index is 12.6. The van der Waals surface area contributed by atoms with Gasteiger partial charge < -0.3 is 9.84 Å². The predicted molar refractivity (Wildman–Crippen MR) is 58.9 cm³/mol. The van der Waals surface area contributed by atoms with Gasteiger partial charge in [0.05, 0.1) is 6.42 Å². The van der Waals surface area contributed by atoms with Gasteiger partial charge in [-0.25, -0.2) is 0 Å². The van der Waals surface area contributed by atoms with Crippen LogP contribution < -0.4 is 4.74 Å². The van der Waals surface area contributed by atoms with Gasteiger partial charge in [0.2, 0.25) is 6.10 Å². The van der Waals surface area contributed by atoms with Crippen LogP contribution in [0.2, 0.25) is 5.02 Å². The van der Waals surface area contributed by atoms with E-state index in [-0.39, 0.29) is 10.8 Å². The SMILES string of the molecule is Cc1ccc(Cl)cc1OC(CC(=O)O)C(F)(F)F. The van der Waals surface area contributed by atoms with E-state index in [1.807, 2.05) is 0 Å². The molecule has 1 unspecified atom stereocenters. The number of carboxylic acids is 1. The Morgan fingerprint density at radius 1 is 1.50 bits per heavy atom. The second-order valence-corrected chi connectivity index (χ2v) is 4.09. The fraction of sp³-hybridized carbons (Fsp3) is 0.364. The van der Waals surface area contributed by atoms with Gasteiger partial charge in [-0.2, -0.15) is 13.2 Å². The van der Waals surface area contributed by atoms with Crippen molar-refractivity contribution in [2.75, 3.05) is 0 Å². The minimum atomic E-state index is -4.76. The maximum Gasteiger partial charge on any atom is 0.426 e. The molecule has 1 N–H and O–H groups in total. The Kier molecular flexibility index (Phi) is 4.45. The Morgan fingerprint density at radius 3 is 2.61 bits per heavy atom. The van der Waals surface area contributed by atoms with E-state index in [9.17, 15) is 18.0 Å². The van der Waals surface area contributed by atoms with E-state index < -0.39 is 24.7 Å². The summed E-state index contributed by atoms with van der Waals surface area (Å²) in [5.74, 6) is -1.66. The van der Waals surface area contributed by atoms with Crippen molar-refractivity contribution in [1.82, 2.24) is 0 Å². The summed E-state index contributed by atoms with van der Waals surface area (Å²) in [5, 5.41) is 8.66. The van der Waals surface area contributed by atoms with Gasteiger partial charge in [-0.05, 0) is 24.6 Å². The number of ether oxygens (including phenoxy) is 1. The number of carboxylic acid groups (broad SMARTS) is 1. The molecule has 0 aliphatic rings. The first-order valence-electron chi connectivity index (χ1n) is 4.91. The van der Waals surface area contributed by atoms with Crippen molar-refractivity contribution >= 4 is 17.6 Å². The standard InChI is InChI=1S/C11H10ClF3O3/c1-6-2-3-7(12)4-8(6)18-9(5-10(16)17)11(13,14)15/h2-4,9H,5H2,1H3,(H,16,17). The van der Waals surface area contributed by atoms with Gasteiger partial charge in [-0.3, -0.25) is 4.79 Å². The van der Waals surface area contributed by atoms with Crippen molar-refractivity contribution in [3.8, 4) is 5.75 Å². The zero-order valence-electron chi connectivity index (χ0n) is 9.29. The van der Waals surface area contributed by atoms with Crippen molar-refractivity contribution in [1.29, 1.82) is 0 Å². The van der Waals surface area contributed by atoms with Gasteiger partial charge in [0, 0.05) is 5.02 Å². The molecule has 0 radical (unpaired) electrons. The molecule has 0 amide bonds. The molecule has 7 heteroatoms. The smallest absolute Gasteiger partial charge is 0.426 e. The Labute approximate surface area is 106 Å². The molecule has 0 saturated carbocycles. The minimum Gasteiger partial charge on any atom is -0.481 e. The molecule has 0 aliphatic carbocycles. The largest absolute Gasteiger partial charge is 0.481 e. The molecule has 0 spiro atoms. The third-order valence-electron chi connectivity index (χ3n) is 2.14. The number of aliphatic carboxylic acids is 1. The monoisotopic (exact) mass is 282 g/mol. The van der Waals surface area contributed by atoms with Crippen LogP contribution in [0.1, 0.15) is 12.0 Å². The van der Waals surface area contributed by atoms with E-state index >= 15 is 0 Å². The van der Waals surface area contributed by atoms with Crippen molar-refractivity contribution in [3.05, 3.63) is 28.8 Å². The number of rotatable bonds is 4. The van der Waals surface area contributed by atoms with Crippen molar-refractivity contribution in [2.24, 2.45) is 0 Å². The molecule has 100 valence electrons. The number of halogens is 4. The molecule has 18 heavy (non-hydrogen) atoms. The van der Waals surface area contributed by atoms with Crippen molar-refractivity contribution < 1.29 is 27.8 Å². The summed E-state index contributed by atoms with van der Waals surface area (Å²) in [6.45, 7) is 1.54. The van der Waals surface area contributed by atoms with E-state index in [0.717, 1.165) is 0 Å². The molecule has 0 bridgehead atoms. The van der Waals surface area contributed by atoms with E-state index in [4.69, 9.17) is 21.4 Å². The van der Waals surface area contributed by atoms with Gasteiger partial charge in [0.15, 0.2) is 0 Å². The predicted octanol–water partition coefficient (Wildman–Crippen LogP) is 3.43. The van der Waals surface area contributed by atoms with Crippen molar-refractivity contribution in [3.63, 3.8) is 0 Å². The fourth-order valence-electron chi connectivity index (χ4n) is 1.24. The van der Waals surface area contributed by atoms with E-state index in [1.165, 1.54) is 18.2 Å². The van der Waals surface area contributed by atoms with E-state index in [2.05, 4.69) is 0 Å². The van der Waals surface area contributed by atoms with Gasteiger partial charge in [0.25, 0.3) is 0 Å². The lowest BCUT2D eigenvalue weighted by Gasteiger charge is -2.21. The lowest BCUT2D eigenvalue weighted by Crippen LogP contribution is -2.36. The highest BCUT2D eigenvalue weighted by molar-refractivity contribution is 6.30. The molecular weight excluding hydrogens is 273 g/mol. The third-order valence-corrected chi connectivity index (χ3v) is 2.38. The van der Waals surface area contributed by atoms with Crippen LogP contribution in [0.3, 0.4) is 0 Å². The molecular formula is C11H10ClF3O3. The lowest BCUT2D eigenvalue weighted by atomic mass is 10.2. The van der Waals surface area contributed by atoms with Crippen LogP contribution in [0.4, 0.5) is 13.2 Å². The number of carbonyl (C=O) groups is 1. The Morgan fingerprint density at radius 2 is 2.11 bits per heavy atom. The van der Waals surface area contributed by atoms with E-state index in [1.54, 1.807) is 6.92 Å². The molecule has 1 aromatic rings. The number of hydrogen-bond acceptors (Lipinski definition) is 2. The Hall–Kier alpha value is -1.43. The molecule has 1 aromatic carbocycles. The lowest BCUT2D eigenvalue weighted by molar-refractivity contribution is -0.200. The fourth-order valence-corrected chi connectivity index (χ4v) is 1.40. The van der Waals surface area contributed by atoms with Crippen LogP contribution in [0.25, 0.3) is 0 Å². The number of alkyl halides is 3. The normalized spacial score (nSPS) is 13.2. The van der Waals surface area contributed by atoms with Crippen LogP contribution in [-0.2, 0) is 4.79 Å². The summed E-state index contributed by atoms with van der Waals surface area (Å²) in [4.78, 5) is 10.4. The highest BCUT2D eigenvalue weighted by Crippen LogP contribution is 2.30. The number of benzene rings is 1. The molecule has 0 aromatic heterocycles. The van der Waals surface area contributed by atoms with Crippen LogP contribution in [0.15, 0.2) is 18.2 Å². The summed E-state index contributed by atoms with van der Waals surface area (Å²) in [6.07, 6.45) is -8.31. The molecule has 0 saturated heterocycles. The molecule has 0 aliphatic heterocycles. The number of aryl methyl sites for hydroxylation is 1. The second-order valence-electron chi connectivity index (χ2n) is 3.66. The van der Waals surface area contributed by atoms with Crippen LogP contribution in [0.5, 0.6) is 5.75 Å².